The molecule has 23 heavy (non-hydrogen) atoms. The van der Waals surface area contributed by atoms with Gasteiger partial charge in [-0.05, 0) is 26.7 Å². The Morgan fingerprint density at radius 1 is 1.39 bits per heavy atom. The molecule has 7 nitrogen and oxygen atoms in total. The lowest BCUT2D eigenvalue weighted by molar-refractivity contribution is -0.141. The van der Waals surface area contributed by atoms with Crippen LogP contribution in [0.25, 0.3) is 0 Å². The zero-order valence-electron chi connectivity index (χ0n) is 13.6. The first-order valence-corrected chi connectivity index (χ1v) is 7.97. The molecule has 0 aromatic carbocycles. The summed E-state index contributed by atoms with van der Waals surface area (Å²) in [4.78, 5) is 36.2. The number of carbonyl (C=O) groups is 2. The van der Waals surface area contributed by atoms with Gasteiger partial charge in [0.15, 0.2) is 5.69 Å². The second kappa shape index (κ2) is 7.59. The third-order valence-electron chi connectivity index (χ3n) is 3.73. The van der Waals surface area contributed by atoms with Gasteiger partial charge in [-0.15, -0.1) is 0 Å². The minimum absolute atomic E-state index is 0.112. The summed E-state index contributed by atoms with van der Waals surface area (Å²) >= 11 is 6.11. The van der Waals surface area contributed by atoms with Crippen molar-refractivity contribution in [1.29, 1.82) is 0 Å². The van der Waals surface area contributed by atoms with E-state index >= 15 is 0 Å². The van der Waals surface area contributed by atoms with Gasteiger partial charge in [0.25, 0.3) is 5.91 Å². The molecule has 2 heterocycles. The lowest BCUT2D eigenvalue weighted by Gasteiger charge is -2.26. The van der Waals surface area contributed by atoms with Crippen LogP contribution in [0.1, 0.15) is 37.2 Å². The number of nitrogens with zero attached hydrogens (tertiary/aromatic N) is 4. The summed E-state index contributed by atoms with van der Waals surface area (Å²) in [7, 11) is 1.29. The van der Waals surface area contributed by atoms with Gasteiger partial charge in [0.2, 0.25) is 5.95 Å². The maximum absolute atomic E-state index is 12.8. The molecule has 1 aliphatic rings. The van der Waals surface area contributed by atoms with Crippen molar-refractivity contribution in [3.8, 4) is 0 Å². The lowest BCUT2D eigenvalue weighted by atomic mass is 10.2. The number of ether oxygens (including phenoxy) is 1. The number of methoxy groups -OCH3 is 1. The van der Waals surface area contributed by atoms with Gasteiger partial charge in [0, 0.05) is 19.1 Å². The van der Waals surface area contributed by atoms with E-state index in [-0.39, 0.29) is 23.3 Å². The van der Waals surface area contributed by atoms with E-state index < -0.39 is 11.9 Å². The zero-order chi connectivity index (χ0) is 17.0. The maximum Gasteiger partial charge on any atom is 0.325 e. The fraction of sp³-hybridized carbons (Fsp3) is 0.600. The van der Waals surface area contributed by atoms with Gasteiger partial charge in [-0.1, -0.05) is 11.6 Å². The van der Waals surface area contributed by atoms with E-state index in [0.29, 0.717) is 5.95 Å². The second-order valence-corrected chi connectivity index (χ2v) is 6.07. The number of carbonyl (C=O) groups excluding carboxylic acids is 2. The fourth-order valence-corrected chi connectivity index (χ4v) is 2.58. The van der Waals surface area contributed by atoms with Crippen LogP contribution < -0.4 is 4.90 Å². The molecule has 1 aliphatic heterocycles. The fourth-order valence-electron chi connectivity index (χ4n) is 2.41. The van der Waals surface area contributed by atoms with Crippen molar-refractivity contribution < 1.29 is 14.3 Å². The summed E-state index contributed by atoms with van der Waals surface area (Å²) in [5.41, 5.74) is 0.112. The molecular formula is C15H21ClN4O3. The number of aromatic nitrogens is 2. The Morgan fingerprint density at radius 3 is 2.61 bits per heavy atom. The minimum atomic E-state index is -0.489. The SMILES string of the molecule is COC(=O)CN(C(=O)c1nc(N2CCCC2)ncc1Cl)C(C)C. The molecule has 1 aromatic heterocycles. The molecule has 0 N–H and O–H groups in total. The number of amides is 1. The monoisotopic (exact) mass is 340 g/mol. The van der Waals surface area contributed by atoms with Crippen LogP contribution in [-0.2, 0) is 9.53 Å². The van der Waals surface area contributed by atoms with Crippen molar-refractivity contribution >= 4 is 29.4 Å². The smallest absolute Gasteiger partial charge is 0.325 e. The van der Waals surface area contributed by atoms with Crippen molar-refractivity contribution in [3.05, 3.63) is 16.9 Å². The molecule has 1 fully saturated rings. The molecule has 1 saturated heterocycles. The van der Waals surface area contributed by atoms with Gasteiger partial charge in [0.05, 0.1) is 18.3 Å². The Balaban J connectivity index is 2.28. The first-order chi connectivity index (χ1) is 10.9. The van der Waals surface area contributed by atoms with Gasteiger partial charge in [0.1, 0.15) is 6.54 Å². The van der Waals surface area contributed by atoms with Gasteiger partial charge in [-0.25, -0.2) is 9.97 Å². The van der Waals surface area contributed by atoms with Crippen molar-refractivity contribution in [2.75, 3.05) is 31.6 Å². The average Bonchev–Trinajstić information content (AvgIpc) is 3.06. The molecule has 0 radical (unpaired) electrons. The molecule has 2 rings (SSSR count). The largest absolute Gasteiger partial charge is 0.468 e. The Morgan fingerprint density at radius 2 is 2.04 bits per heavy atom. The van der Waals surface area contributed by atoms with Gasteiger partial charge < -0.3 is 14.5 Å². The molecule has 8 heteroatoms. The van der Waals surface area contributed by atoms with Crippen LogP contribution >= 0.6 is 11.6 Å². The predicted molar refractivity (Wildman–Crippen MR) is 86.7 cm³/mol. The van der Waals surface area contributed by atoms with E-state index in [1.165, 1.54) is 18.2 Å². The van der Waals surface area contributed by atoms with Crippen LogP contribution in [0.5, 0.6) is 0 Å². The summed E-state index contributed by atoms with van der Waals surface area (Å²) in [5, 5.41) is 0.175. The topological polar surface area (TPSA) is 75.6 Å². The molecule has 0 saturated carbocycles. The van der Waals surface area contributed by atoms with E-state index in [1.54, 1.807) is 0 Å². The van der Waals surface area contributed by atoms with Crippen LogP contribution in [0.2, 0.25) is 5.02 Å². The molecular weight excluding hydrogens is 320 g/mol. The highest BCUT2D eigenvalue weighted by molar-refractivity contribution is 6.33. The van der Waals surface area contributed by atoms with Crippen LogP contribution in [0.3, 0.4) is 0 Å². The van der Waals surface area contributed by atoms with Gasteiger partial charge in [-0.3, -0.25) is 9.59 Å². The Hall–Kier alpha value is -1.89. The van der Waals surface area contributed by atoms with E-state index in [2.05, 4.69) is 14.7 Å². The lowest BCUT2D eigenvalue weighted by Crippen LogP contribution is -2.41. The maximum atomic E-state index is 12.8. The molecule has 0 bridgehead atoms. The van der Waals surface area contributed by atoms with Crippen LogP contribution in [-0.4, -0.2) is 59.5 Å². The van der Waals surface area contributed by atoms with Gasteiger partial charge >= 0.3 is 5.97 Å². The zero-order valence-corrected chi connectivity index (χ0v) is 14.3. The average molecular weight is 341 g/mol. The molecule has 0 atom stereocenters. The summed E-state index contributed by atoms with van der Waals surface area (Å²) in [6.07, 6.45) is 3.59. The van der Waals surface area contributed by atoms with E-state index in [4.69, 9.17) is 11.6 Å². The second-order valence-electron chi connectivity index (χ2n) is 5.66. The van der Waals surface area contributed by atoms with Gasteiger partial charge in [-0.2, -0.15) is 0 Å². The Labute approximate surface area is 140 Å². The molecule has 0 spiro atoms. The summed E-state index contributed by atoms with van der Waals surface area (Å²) < 4.78 is 4.65. The number of esters is 1. The number of anilines is 1. The van der Waals surface area contributed by atoms with Crippen molar-refractivity contribution in [2.45, 2.75) is 32.7 Å². The highest BCUT2D eigenvalue weighted by Gasteiger charge is 2.26. The van der Waals surface area contributed by atoms with Crippen LogP contribution in [0.15, 0.2) is 6.20 Å². The summed E-state index contributed by atoms with van der Waals surface area (Å²) in [6, 6.07) is -0.192. The number of hydrogen-bond acceptors (Lipinski definition) is 6. The Bertz CT molecular complexity index is 588. The number of hydrogen-bond donors (Lipinski definition) is 0. The normalized spacial score (nSPS) is 14.2. The van der Waals surface area contributed by atoms with E-state index in [1.807, 2.05) is 18.7 Å². The number of rotatable bonds is 5. The van der Waals surface area contributed by atoms with E-state index in [0.717, 1.165) is 25.9 Å². The minimum Gasteiger partial charge on any atom is -0.468 e. The summed E-state index contributed by atoms with van der Waals surface area (Å²) in [6.45, 7) is 5.22. The standard InChI is InChI=1S/C15H21ClN4O3/c1-10(2)20(9-12(21)23-3)14(22)13-11(16)8-17-15(18-13)19-6-4-5-7-19/h8,10H,4-7,9H2,1-3H3. The first-order valence-electron chi connectivity index (χ1n) is 7.59. The Kier molecular flexibility index (Phi) is 5.76. The van der Waals surface area contributed by atoms with Crippen LogP contribution in [0.4, 0.5) is 5.95 Å². The van der Waals surface area contributed by atoms with Crippen molar-refractivity contribution in [3.63, 3.8) is 0 Å². The molecule has 0 unspecified atom stereocenters. The molecule has 0 aliphatic carbocycles. The predicted octanol–water partition coefficient (Wildman–Crippen LogP) is 1.75. The third kappa shape index (κ3) is 4.10. The van der Waals surface area contributed by atoms with E-state index in [9.17, 15) is 9.59 Å². The number of halogens is 1. The quantitative estimate of drug-likeness (QED) is 0.760. The highest BCUT2D eigenvalue weighted by atomic mass is 35.5. The van der Waals surface area contributed by atoms with Crippen molar-refractivity contribution in [2.24, 2.45) is 0 Å². The third-order valence-corrected chi connectivity index (χ3v) is 4.01. The first kappa shape index (κ1) is 17.5. The van der Waals surface area contributed by atoms with Crippen molar-refractivity contribution in [1.82, 2.24) is 14.9 Å². The molecule has 1 aromatic rings. The molecule has 126 valence electrons. The summed E-state index contributed by atoms with van der Waals surface area (Å²) in [5.74, 6) is -0.396. The van der Waals surface area contributed by atoms with Crippen LogP contribution in [0, 0.1) is 0 Å². The highest BCUT2D eigenvalue weighted by Crippen LogP contribution is 2.21. The molecule has 1 amide bonds.